The van der Waals surface area contributed by atoms with Crippen molar-refractivity contribution in [1.82, 2.24) is 24.6 Å². The number of hydrogen-bond donors (Lipinski definition) is 1. The van der Waals surface area contributed by atoms with Crippen molar-refractivity contribution in [2.75, 3.05) is 0 Å². The third kappa shape index (κ3) is 3.18. The quantitative estimate of drug-likeness (QED) is 0.582. The minimum atomic E-state index is -0.331. The van der Waals surface area contributed by atoms with Crippen molar-refractivity contribution in [3.05, 3.63) is 70.4 Å². The third-order valence-corrected chi connectivity index (χ3v) is 5.22. The molecule has 0 aliphatic carbocycles. The zero-order chi connectivity index (χ0) is 20.7. The summed E-state index contributed by atoms with van der Waals surface area (Å²) in [6, 6.07) is 14.6. The van der Waals surface area contributed by atoms with Crippen LogP contribution in [0.15, 0.2) is 53.3 Å². The third-order valence-electron chi connectivity index (χ3n) is 5.22. The molecule has 0 aliphatic heterocycles. The fourth-order valence-electron chi connectivity index (χ4n) is 3.65. The highest BCUT2D eigenvalue weighted by Gasteiger charge is 2.26. The summed E-state index contributed by atoms with van der Waals surface area (Å²) in [5, 5.41) is 8.34. The lowest BCUT2D eigenvalue weighted by Crippen LogP contribution is -2.35. The molecule has 0 saturated carbocycles. The maximum absolute atomic E-state index is 13.2. The molecule has 1 amide bonds. The molecule has 4 aromatic rings. The second-order valence-electron chi connectivity index (χ2n) is 7.54. The highest BCUT2D eigenvalue weighted by Crippen LogP contribution is 2.25. The number of carbonyl (C=O) groups is 1. The zero-order valence-electron chi connectivity index (χ0n) is 16.9. The summed E-state index contributed by atoms with van der Waals surface area (Å²) in [5.41, 5.74) is 1.89. The first kappa shape index (κ1) is 18.9. The Morgan fingerprint density at radius 2 is 1.66 bits per heavy atom. The van der Waals surface area contributed by atoms with Gasteiger partial charge in [-0.25, -0.2) is 9.67 Å². The highest BCUT2D eigenvalue weighted by molar-refractivity contribution is 6.04. The summed E-state index contributed by atoms with van der Waals surface area (Å²) in [4.78, 5) is 30.3. The van der Waals surface area contributed by atoms with Crippen LogP contribution in [0.1, 0.15) is 36.2 Å². The summed E-state index contributed by atoms with van der Waals surface area (Å²) < 4.78 is 3.21. The molecular weight excluding hydrogens is 366 g/mol. The van der Waals surface area contributed by atoms with Gasteiger partial charge in [0.25, 0.3) is 11.5 Å². The summed E-state index contributed by atoms with van der Waals surface area (Å²) >= 11 is 0. The normalized spacial score (nSPS) is 12.6. The van der Waals surface area contributed by atoms with Gasteiger partial charge >= 0.3 is 0 Å². The molecule has 0 saturated heterocycles. The maximum Gasteiger partial charge on any atom is 0.274 e. The van der Waals surface area contributed by atoms with Gasteiger partial charge in [0.1, 0.15) is 5.82 Å². The van der Waals surface area contributed by atoms with E-state index < -0.39 is 0 Å². The van der Waals surface area contributed by atoms with Gasteiger partial charge in [-0.1, -0.05) is 44.2 Å². The van der Waals surface area contributed by atoms with E-state index in [9.17, 15) is 9.59 Å². The van der Waals surface area contributed by atoms with Crippen molar-refractivity contribution >= 4 is 27.7 Å². The Bertz CT molecular complexity index is 1290. The number of fused-ring (bicyclic) bond motifs is 2. The van der Waals surface area contributed by atoms with Crippen LogP contribution in [-0.4, -0.2) is 25.2 Å². The van der Waals surface area contributed by atoms with Crippen molar-refractivity contribution in [1.29, 1.82) is 0 Å². The largest absolute Gasteiger partial charge is 0.340 e. The SMILES string of the molecule is CC(C)C(NC(=O)c1nn(C)c(=O)c2ccccc12)c1nc2ccccc2n1C. The lowest BCUT2D eigenvalue weighted by molar-refractivity contribution is 0.0917. The Balaban J connectivity index is 1.78. The van der Waals surface area contributed by atoms with E-state index >= 15 is 0 Å². The Labute approximate surface area is 168 Å². The molecule has 1 atom stereocenters. The molecule has 29 heavy (non-hydrogen) atoms. The van der Waals surface area contributed by atoms with Crippen molar-refractivity contribution in [3.63, 3.8) is 0 Å². The van der Waals surface area contributed by atoms with Gasteiger partial charge in [-0.2, -0.15) is 5.10 Å². The topological polar surface area (TPSA) is 81.8 Å². The number of aromatic nitrogens is 4. The van der Waals surface area contributed by atoms with Crippen LogP contribution >= 0.6 is 0 Å². The second-order valence-corrected chi connectivity index (χ2v) is 7.54. The number of benzene rings is 2. The van der Waals surface area contributed by atoms with Gasteiger partial charge in [0, 0.05) is 19.5 Å². The second kappa shape index (κ2) is 7.16. The highest BCUT2D eigenvalue weighted by atomic mass is 16.2. The Morgan fingerprint density at radius 1 is 1.00 bits per heavy atom. The summed E-state index contributed by atoms with van der Waals surface area (Å²) in [6.07, 6.45) is 0. The predicted molar refractivity (Wildman–Crippen MR) is 113 cm³/mol. The number of aryl methyl sites for hydroxylation is 2. The van der Waals surface area contributed by atoms with Gasteiger partial charge < -0.3 is 9.88 Å². The first-order chi connectivity index (χ1) is 13.9. The number of para-hydroxylation sites is 2. The molecule has 1 N–H and O–H groups in total. The molecule has 7 heteroatoms. The van der Waals surface area contributed by atoms with E-state index in [1.807, 2.05) is 49.7 Å². The first-order valence-corrected chi connectivity index (χ1v) is 9.56. The molecule has 0 radical (unpaired) electrons. The molecule has 1 unspecified atom stereocenters. The summed E-state index contributed by atoms with van der Waals surface area (Å²) in [7, 11) is 3.50. The van der Waals surface area contributed by atoms with Crippen molar-refractivity contribution < 1.29 is 4.79 Å². The lowest BCUT2D eigenvalue weighted by Gasteiger charge is -2.22. The number of imidazole rings is 1. The minimum absolute atomic E-state index is 0.105. The number of hydrogen-bond acceptors (Lipinski definition) is 4. The van der Waals surface area contributed by atoms with Crippen LogP contribution in [0.3, 0.4) is 0 Å². The van der Waals surface area contributed by atoms with Crippen molar-refractivity contribution in [3.8, 4) is 0 Å². The van der Waals surface area contributed by atoms with E-state index in [0.29, 0.717) is 10.8 Å². The molecular formula is C22H23N5O2. The van der Waals surface area contributed by atoms with E-state index in [4.69, 9.17) is 4.98 Å². The van der Waals surface area contributed by atoms with Crippen LogP contribution in [0.5, 0.6) is 0 Å². The zero-order valence-corrected chi connectivity index (χ0v) is 16.9. The van der Waals surface area contributed by atoms with E-state index in [0.717, 1.165) is 16.9 Å². The smallest absolute Gasteiger partial charge is 0.274 e. The average molecular weight is 389 g/mol. The monoisotopic (exact) mass is 389 g/mol. The summed E-state index contributed by atoms with van der Waals surface area (Å²) in [6.45, 7) is 4.08. The van der Waals surface area contributed by atoms with E-state index in [-0.39, 0.29) is 29.1 Å². The minimum Gasteiger partial charge on any atom is -0.340 e. The molecule has 2 aromatic carbocycles. The van der Waals surface area contributed by atoms with Crippen LogP contribution in [0, 0.1) is 5.92 Å². The molecule has 4 rings (SSSR count). The Morgan fingerprint density at radius 3 is 2.34 bits per heavy atom. The number of amides is 1. The molecule has 0 fully saturated rings. The molecule has 0 spiro atoms. The van der Waals surface area contributed by atoms with Crippen molar-refractivity contribution in [2.24, 2.45) is 20.0 Å². The fraction of sp³-hybridized carbons (Fsp3) is 0.273. The van der Waals surface area contributed by atoms with Gasteiger partial charge in [0.05, 0.1) is 22.5 Å². The van der Waals surface area contributed by atoms with E-state index in [2.05, 4.69) is 10.4 Å². The maximum atomic E-state index is 13.2. The van der Waals surface area contributed by atoms with Crippen molar-refractivity contribution in [2.45, 2.75) is 19.9 Å². The molecule has 0 aliphatic rings. The van der Waals surface area contributed by atoms with Crippen LogP contribution in [0.2, 0.25) is 0 Å². The lowest BCUT2D eigenvalue weighted by atomic mass is 10.0. The first-order valence-electron chi connectivity index (χ1n) is 9.56. The number of nitrogens with one attached hydrogen (secondary N) is 1. The molecule has 0 bridgehead atoms. The fourth-order valence-corrected chi connectivity index (χ4v) is 3.65. The van der Waals surface area contributed by atoms with Crippen LogP contribution in [-0.2, 0) is 14.1 Å². The van der Waals surface area contributed by atoms with Gasteiger partial charge in [0.15, 0.2) is 5.69 Å². The Hall–Kier alpha value is -3.48. The van der Waals surface area contributed by atoms with Gasteiger partial charge in [-0.3, -0.25) is 9.59 Å². The number of nitrogens with zero attached hydrogens (tertiary/aromatic N) is 4. The molecule has 148 valence electrons. The summed E-state index contributed by atoms with van der Waals surface area (Å²) in [5.74, 6) is 0.555. The van der Waals surface area contributed by atoms with Gasteiger partial charge in [0.2, 0.25) is 0 Å². The number of carbonyl (C=O) groups excluding carboxylic acids is 1. The average Bonchev–Trinajstić information content (AvgIpc) is 3.05. The van der Waals surface area contributed by atoms with Crippen LogP contribution < -0.4 is 10.9 Å². The van der Waals surface area contributed by atoms with Gasteiger partial charge in [-0.05, 0) is 24.1 Å². The standard InChI is InChI=1S/C22H23N5O2/c1-13(2)18(20-23-16-11-7-8-12-17(16)26(20)3)24-21(28)19-14-9-5-6-10-15(14)22(29)27(4)25-19/h5-13,18H,1-4H3,(H,24,28). The van der Waals surface area contributed by atoms with Gasteiger partial charge in [-0.15, -0.1) is 0 Å². The number of rotatable bonds is 4. The van der Waals surface area contributed by atoms with Crippen LogP contribution in [0.4, 0.5) is 0 Å². The predicted octanol–water partition coefficient (Wildman–Crippen LogP) is 2.95. The van der Waals surface area contributed by atoms with E-state index in [1.54, 1.807) is 31.3 Å². The Kier molecular flexibility index (Phi) is 4.66. The van der Waals surface area contributed by atoms with E-state index in [1.165, 1.54) is 4.68 Å². The molecule has 7 nitrogen and oxygen atoms in total. The molecule has 2 heterocycles. The molecule has 2 aromatic heterocycles. The van der Waals surface area contributed by atoms with Crippen LogP contribution in [0.25, 0.3) is 21.8 Å².